The van der Waals surface area contributed by atoms with Gasteiger partial charge in [0, 0.05) is 6.54 Å². The quantitative estimate of drug-likeness (QED) is 0.876. The Balaban J connectivity index is 0.00000264. The van der Waals surface area contributed by atoms with E-state index in [9.17, 15) is 13.2 Å². The van der Waals surface area contributed by atoms with E-state index >= 15 is 0 Å². The fourth-order valence-electron chi connectivity index (χ4n) is 1.92. The van der Waals surface area contributed by atoms with Gasteiger partial charge in [0.1, 0.15) is 6.61 Å². The minimum absolute atomic E-state index is 0. The van der Waals surface area contributed by atoms with E-state index in [0.717, 1.165) is 16.7 Å². The third-order valence-electron chi connectivity index (χ3n) is 2.93. The molecule has 2 aromatic carbocycles. The monoisotopic (exact) mass is 347 g/mol. The number of hydrogen-bond donors (Lipinski definition) is 1. The molecule has 0 radical (unpaired) electrons. The standard InChI is InChI=1S/C16H16F3NO2.ClH/c1-11-2-4-12(5-3-11)13-6-7-14(22-16(17,18)19)15(10-13)21-9-8-20;/h2-7,10H,8-9,20H2,1H3;1H. The maximum absolute atomic E-state index is 12.4. The normalized spacial score (nSPS) is 10.8. The Hall–Kier alpha value is -1.92. The fourth-order valence-corrected chi connectivity index (χ4v) is 1.92. The summed E-state index contributed by atoms with van der Waals surface area (Å²) in [5.74, 6) is -0.363. The summed E-state index contributed by atoms with van der Waals surface area (Å²) >= 11 is 0. The molecule has 0 fully saturated rings. The van der Waals surface area contributed by atoms with Crippen molar-refractivity contribution in [2.24, 2.45) is 5.73 Å². The molecule has 0 bridgehead atoms. The number of alkyl halides is 3. The molecule has 0 saturated heterocycles. The highest BCUT2D eigenvalue weighted by molar-refractivity contribution is 5.85. The Kier molecular flexibility index (Phi) is 6.72. The first kappa shape index (κ1) is 19.1. The number of aryl methyl sites for hydroxylation is 1. The van der Waals surface area contributed by atoms with Crippen LogP contribution in [0.1, 0.15) is 5.56 Å². The summed E-state index contributed by atoms with van der Waals surface area (Å²) in [5, 5.41) is 0. The minimum atomic E-state index is -4.77. The first-order valence-electron chi connectivity index (χ1n) is 6.69. The van der Waals surface area contributed by atoms with E-state index in [1.807, 2.05) is 31.2 Å². The van der Waals surface area contributed by atoms with Gasteiger partial charge >= 0.3 is 6.36 Å². The lowest BCUT2D eigenvalue weighted by molar-refractivity contribution is -0.275. The van der Waals surface area contributed by atoms with Crippen LogP contribution in [0.2, 0.25) is 0 Å². The number of hydrogen-bond acceptors (Lipinski definition) is 3. The predicted molar refractivity (Wildman–Crippen MR) is 85.1 cm³/mol. The van der Waals surface area contributed by atoms with Gasteiger partial charge in [-0.3, -0.25) is 0 Å². The van der Waals surface area contributed by atoms with Gasteiger partial charge in [-0.2, -0.15) is 0 Å². The number of rotatable bonds is 5. The zero-order chi connectivity index (χ0) is 16.2. The molecule has 0 spiro atoms. The molecule has 2 aromatic rings. The predicted octanol–water partition coefficient (Wildman–Crippen LogP) is 4.32. The molecule has 126 valence electrons. The molecule has 0 aromatic heterocycles. The maximum Gasteiger partial charge on any atom is 0.573 e. The largest absolute Gasteiger partial charge is 0.573 e. The Bertz CT molecular complexity index is 630. The van der Waals surface area contributed by atoms with Crippen LogP contribution in [-0.4, -0.2) is 19.5 Å². The average molecular weight is 348 g/mol. The highest BCUT2D eigenvalue weighted by Crippen LogP contribution is 2.36. The van der Waals surface area contributed by atoms with E-state index in [4.69, 9.17) is 10.5 Å². The molecular weight excluding hydrogens is 331 g/mol. The minimum Gasteiger partial charge on any atom is -0.488 e. The molecule has 0 aliphatic heterocycles. The van der Waals surface area contributed by atoms with Crippen LogP contribution in [0.15, 0.2) is 42.5 Å². The number of ether oxygens (including phenoxy) is 2. The lowest BCUT2D eigenvalue weighted by Gasteiger charge is -2.15. The highest BCUT2D eigenvalue weighted by atomic mass is 35.5. The van der Waals surface area contributed by atoms with Crippen molar-refractivity contribution >= 4 is 12.4 Å². The van der Waals surface area contributed by atoms with Crippen LogP contribution in [0.3, 0.4) is 0 Å². The smallest absolute Gasteiger partial charge is 0.488 e. The van der Waals surface area contributed by atoms with Crippen LogP contribution in [-0.2, 0) is 0 Å². The molecule has 0 heterocycles. The van der Waals surface area contributed by atoms with E-state index in [2.05, 4.69) is 4.74 Å². The van der Waals surface area contributed by atoms with Crippen molar-refractivity contribution in [3.8, 4) is 22.6 Å². The molecular formula is C16H17ClF3NO2. The number of benzene rings is 2. The van der Waals surface area contributed by atoms with Crippen LogP contribution >= 0.6 is 12.4 Å². The van der Waals surface area contributed by atoms with Crippen molar-refractivity contribution in [1.29, 1.82) is 0 Å². The van der Waals surface area contributed by atoms with Crippen LogP contribution in [0.4, 0.5) is 13.2 Å². The van der Waals surface area contributed by atoms with Gasteiger partial charge < -0.3 is 15.2 Å². The molecule has 2 rings (SSSR count). The Morgan fingerprint density at radius 2 is 1.57 bits per heavy atom. The van der Waals surface area contributed by atoms with Crippen molar-refractivity contribution in [3.63, 3.8) is 0 Å². The fraction of sp³-hybridized carbons (Fsp3) is 0.250. The summed E-state index contributed by atoms with van der Waals surface area (Å²) < 4.78 is 46.5. The Morgan fingerprint density at radius 3 is 2.13 bits per heavy atom. The molecule has 0 aliphatic carbocycles. The van der Waals surface area contributed by atoms with Gasteiger partial charge in [0.15, 0.2) is 11.5 Å². The molecule has 0 saturated carbocycles. The van der Waals surface area contributed by atoms with E-state index in [0.29, 0.717) is 0 Å². The Morgan fingerprint density at radius 1 is 0.957 bits per heavy atom. The van der Waals surface area contributed by atoms with Gasteiger partial charge in [0.2, 0.25) is 0 Å². The van der Waals surface area contributed by atoms with Gasteiger partial charge in [-0.15, -0.1) is 25.6 Å². The summed E-state index contributed by atoms with van der Waals surface area (Å²) in [6, 6.07) is 12.0. The summed E-state index contributed by atoms with van der Waals surface area (Å²) in [6.07, 6.45) is -4.77. The number of nitrogens with two attached hydrogens (primary N) is 1. The maximum atomic E-state index is 12.4. The topological polar surface area (TPSA) is 44.5 Å². The summed E-state index contributed by atoms with van der Waals surface area (Å²) in [7, 11) is 0. The lowest BCUT2D eigenvalue weighted by Crippen LogP contribution is -2.18. The van der Waals surface area contributed by atoms with E-state index < -0.39 is 6.36 Å². The number of halogens is 4. The zero-order valence-corrected chi connectivity index (χ0v) is 13.2. The molecule has 0 amide bonds. The van der Waals surface area contributed by atoms with E-state index in [1.54, 1.807) is 6.07 Å². The molecule has 0 unspecified atom stereocenters. The van der Waals surface area contributed by atoms with Gasteiger partial charge in [-0.1, -0.05) is 35.9 Å². The van der Waals surface area contributed by atoms with Gasteiger partial charge in [0.05, 0.1) is 0 Å². The molecule has 23 heavy (non-hydrogen) atoms. The van der Waals surface area contributed by atoms with Gasteiger partial charge in [-0.25, -0.2) is 0 Å². The third-order valence-corrected chi connectivity index (χ3v) is 2.93. The second kappa shape index (κ2) is 8.08. The second-order valence-electron chi connectivity index (χ2n) is 4.71. The van der Waals surface area contributed by atoms with Crippen LogP contribution < -0.4 is 15.2 Å². The van der Waals surface area contributed by atoms with Gasteiger partial charge in [0.25, 0.3) is 0 Å². The van der Waals surface area contributed by atoms with Crippen molar-refractivity contribution in [2.75, 3.05) is 13.2 Å². The van der Waals surface area contributed by atoms with Crippen molar-refractivity contribution < 1.29 is 22.6 Å². The Labute approximate surface area is 138 Å². The molecule has 3 nitrogen and oxygen atoms in total. The van der Waals surface area contributed by atoms with Crippen LogP contribution in [0.5, 0.6) is 11.5 Å². The van der Waals surface area contributed by atoms with E-state index in [-0.39, 0.29) is 37.1 Å². The lowest BCUT2D eigenvalue weighted by atomic mass is 10.0. The summed E-state index contributed by atoms with van der Waals surface area (Å²) in [4.78, 5) is 0. The van der Waals surface area contributed by atoms with Gasteiger partial charge in [-0.05, 0) is 30.2 Å². The van der Waals surface area contributed by atoms with Crippen molar-refractivity contribution in [2.45, 2.75) is 13.3 Å². The first-order valence-corrected chi connectivity index (χ1v) is 6.69. The van der Waals surface area contributed by atoms with Crippen molar-refractivity contribution in [1.82, 2.24) is 0 Å². The van der Waals surface area contributed by atoms with Crippen molar-refractivity contribution in [3.05, 3.63) is 48.0 Å². The molecule has 2 N–H and O–H groups in total. The third kappa shape index (κ3) is 5.65. The zero-order valence-electron chi connectivity index (χ0n) is 12.4. The second-order valence-corrected chi connectivity index (χ2v) is 4.71. The SMILES string of the molecule is Cc1ccc(-c2ccc(OC(F)(F)F)c(OCCN)c2)cc1.Cl. The molecule has 0 atom stereocenters. The first-order chi connectivity index (χ1) is 10.4. The summed E-state index contributed by atoms with van der Waals surface area (Å²) in [5.41, 5.74) is 8.04. The highest BCUT2D eigenvalue weighted by Gasteiger charge is 2.32. The van der Waals surface area contributed by atoms with Crippen LogP contribution in [0, 0.1) is 6.92 Å². The molecule has 7 heteroatoms. The average Bonchev–Trinajstić information content (AvgIpc) is 2.45. The van der Waals surface area contributed by atoms with E-state index in [1.165, 1.54) is 12.1 Å². The van der Waals surface area contributed by atoms with Crippen LogP contribution in [0.25, 0.3) is 11.1 Å². The molecule has 0 aliphatic rings. The summed E-state index contributed by atoms with van der Waals surface area (Å²) in [6.45, 7) is 2.26.